The number of thiophene rings is 1. The molecule has 1 amide bonds. The lowest BCUT2D eigenvalue weighted by Crippen LogP contribution is -2.34. The van der Waals surface area contributed by atoms with Gasteiger partial charge in [-0.1, -0.05) is 36.4 Å². The van der Waals surface area contributed by atoms with Gasteiger partial charge in [0, 0.05) is 11.1 Å². The first-order chi connectivity index (χ1) is 13.6. The van der Waals surface area contributed by atoms with Gasteiger partial charge >= 0.3 is 0 Å². The first-order valence-corrected chi connectivity index (χ1v) is 9.68. The van der Waals surface area contributed by atoms with Crippen LogP contribution in [0.5, 0.6) is 0 Å². The van der Waals surface area contributed by atoms with Crippen LogP contribution in [-0.2, 0) is 11.3 Å². The Morgan fingerprint density at radius 1 is 1.14 bits per heavy atom. The quantitative estimate of drug-likeness (QED) is 0.567. The summed E-state index contributed by atoms with van der Waals surface area (Å²) in [5.74, 6) is -0.264. The van der Waals surface area contributed by atoms with E-state index in [-0.39, 0.29) is 24.1 Å². The summed E-state index contributed by atoms with van der Waals surface area (Å²) in [5.41, 5.74) is 1.59. The van der Waals surface area contributed by atoms with Crippen molar-refractivity contribution in [1.29, 1.82) is 0 Å². The Kier molecular flexibility index (Phi) is 4.99. The van der Waals surface area contributed by atoms with Crippen molar-refractivity contribution in [2.75, 3.05) is 0 Å². The molecule has 4 rings (SSSR count). The molecule has 6 nitrogen and oxygen atoms in total. The number of carbonyl (C=O) groups excluding carboxylic acids is 1. The Morgan fingerprint density at radius 2 is 1.93 bits per heavy atom. The molecule has 3 aromatic heterocycles. The monoisotopic (exact) mass is 390 g/mol. The van der Waals surface area contributed by atoms with Gasteiger partial charge in [-0.15, -0.1) is 11.3 Å². The molecule has 7 heteroatoms. The van der Waals surface area contributed by atoms with Crippen molar-refractivity contribution in [1.82, 2.24) is 19.9 Å². The fraction of sp³-hybridized carbons (Fsp3) is 0.143. The van der Waals surface area contributed by atoms with E-state index in [1.165, 1.54) is 22.2 Å². The molecule has 0 unspecified atom stereocenters. The van der Waals surface area contributed by atoms with Gasteiger partial charge in [-0.3, -0.25) is 19.1 Å². The average molecular weight is 390 g/mol. The zero-order valence-electron chi connectivity index (χ0n) is 15.2. The van der Waals surface area contributed by atoms with Gasteiger partial charge in [-0.05, 0) is 30.7 Å². The molecule has 0 fully saturated rings. The van der Waals surface area contributed by atoms with Crippen LogP contribution in [0, 0.1) is 0 Å². The third kappa shape index (κ3) is 3.70. The number of fused-ring (bicyclic) bond motifs is 1. The molecule has 3 heterocycles. The van der Waals surface area contributed by atoms with E-state index >= 15 is 0 Å². The number of nitrogens with one attached hydrogen (secondary N) is 1. The molecule has 1 N–H and O–H groups in total. The molecule has 0 aliphatic carbocycles. The Labute approximate surface area is 165 Å². The van der Waals surface area contributed by atoms with E-state index in [4.69, 9.17) is 0 Å². The predicted octanol–water partition coefficient (Wildman–Crippen LogP) is 3.40. The van der Waals surface area contributed by atoms with Crippen LogP contribution in [0.4, 0.5) is 0 Å². The van der Waals surface area contributed by atoms with Crippen LogP contribution in [0.25, 0.3) is 20.7 Å². The highest BCUT2D eigenvalue weighted by Crippen LogP contribution is 2.30. The molecule has 1 aromatic carbocycles. The fourth-order valence-corrected chi connectivity index (χ4v) is 3.96. The van der Waals surface area contributed by atoms with Crippen molar-refractivity contribution in [3.63, 3.8) is 0 Å². The summed E-state index contributed by atoms with van der Waals surface area (Å²) in [5, 5.41) is 3.39. The molecule has 0 aliphatic heterocycles. The van der Waals surface area contributed by atoms with Crippen LogP contribution in [0.2, 0.25) is 0 Å². The highest BCUT2D eigenvalue weighted by molar-refractivity contribution is 7.21. The van der Waals surface area contributed by atoms with Crippen molar-refractivity contribution in [3.05, 3.63) is 83.2 Å². The summed E-state index contributed by atoms with van der Waals surface area (Å²) in [6.07, 6.45) is 3.11. The van der Waals surface area contributed by atoms with E-state index in [1.54, 1.807) is 6.20 Å². The van der Waals surface area contributed by atoms with Crippen LogP contribution in [0.15, 0.2) is 71.9 Å². The summed E-state index contributed by atoms with van der Waals surface area (Å²) >= 11 is 1.47. The highest BCUT2D eigenvalue weighted by atomic mass is 32.1. The smallest absolute Gasteiger partial charge is 0.262 e. The molecule has 0 aliphatic rings. The number of hydrogen-bond acceptors (Lipinski definition) is 5. The zero-order chi connectivity index (χ0) is 19.5. The van der Waals surface area contributed by atoms with E-state index < -0.39 is 0 Å². The Bertz CT molecular complexity index is 1170. The largest absolute Gasteiger partial charge is 0.346 e. The van der Waals surface area contributed by atoms with Crippen LogP contribution in [0.1, 0.15) is 18.7 Å². The number of amides is 1. The Balaban J connectivity index is 1.55. The topological polar surface area (TPSA) is 76.9 Å². The van der Waals surface area contributed by atoms with E-state index in [2.05, 4.69) is 15.3 Å². The van der Waals surface area contributed by atoms with Gasteiger partial charge in [0.25, 0.3) is 5.56 Å². The van der Waals surface area contributed by atoms with Crippen molar-refractivity contribution in [2.24, 2.45) is 0 Å². The van der Waals surface area contributed by atoms with E-state index in [0.717, 1.165) is 16.1 Å². The van der Waals surface area contributed by atoms with Gasteiger partial charge in [-0.25, -0.2) is 4.98 Å². The molecule has 0 spiro atoms. The molecule has 4 aromatic rings. The molecule has 0 radical (unpaired) electrons. The van der Waals surface area contributed by atoms with Crippen LogP contribution in [0.3, 0.4) is 0 Å². The van der Waals surface area contributed by atoms with E-state index in [9.17, 15) is 9.59 Å². The number of benzene rings is 1. The maximum Gasteiger partial charge on any atom is 0.262 e. The average Bonchev–Trinajstić information content (AvgIpc) is 3.17. The number of carbonyl (C=O) groups is 1. The lowest BCUT2D eigenvalue weighted by Gasteiger charge is -2.13. The van der Waals surface area contributed by atoms with Crippen LogP contribution < -0.4 is 10.9 Å². The molecule has 140 valence electrons. The minimum Gasteiger partial charge on any atom is -0.346 e. The number of rotatable bonds is 5. The molecule has 0 bridgehead atoms. The van der Waals surface area contributed by atoms with Gasteiger partial charge in [0.1, 0.15) is 11.4 Å². The molecule has 0 saturated heterocycles. The minimum absolute atomic E-state index is 0.0878. The maximum atomic E-state index is 12.8. The zero-order valence-corrected chi connectivity index (χ0v) is 16.0. The number of nitrogens with zero attached hydrogens (tertiary/aromatic N) is 3. The lowest BCUT2D eigenvalue weighted by atomic mass is 10.2. The Morgan fingerprint density at radius 3 is 2.68 bits per heavy atom. The van der Waals surface area contributed by atoms with E-state index in [1.807, 2.05) is 61.5 Å². The van der Waals surface area contributed by atoms with Crippen molar-refractivity contribution in [3.8, 4) is 10.4 Å². The second-order valence-electron chi connectivity index (χ2n) is 6.42. The first-order valence-electron chi connectivity index (χ1n) is 8.86. The molecule has 0 saturated carbocycles. The molecule has 28 heavy (non-hydrogen) atoms. The molecular weight excluding hydrogens is 372 g/mol. The van der Waals surface area contributed by atoms with E-state index in [0.29, 0.717) is 10.2 Å². The third-order valence-electron chi connectivity index (χ3n) is 4.40. The normalized spacial score (nSPS) is 12.0. The van der Waals surface area contributed by atoms with Crippen molar-refractivity contribution >= 4 is 27.5 Å². The second-order valence-corrected chi connectivity index (χ2v) is 7.45. The summed E-state index contributed by atoms with van der Waals surface area (Å²) in [6, 6.07) is 17.0. The minimum atomic E-state index is -0.264. The lowest BCUT2D eigenvalue weighted by molar-refractivity contribution is -0.122. The standard InChI is InChI=1S/C21H18N4O2S/c1-14(17-9-5-6-10-22-17)24-19(26)12-25-13-23-20-16(21(25)27)11-18(28-20)15-7-3-2-4-8-15/h2-11,13-14H,12H2,1H3,(H,24,26)/t14-/m0/s1. The third-order valence-corrected chi connectivity index (χ3v) is 5.49. The summed E-state index contributed by atoms with van der Waals surface area (Å²) in [7, 11) is 0. The van der Waals surface area contributed by atoms with Gasteiger partial charge in [0.2, 0.25) is 5.91 Å². The first kappa shape index (κ1) is 18.1. The van der Waals surface area contributed by atoms with Crippen molar-refractivity contribution in [2.45, 2.75) is 19.5 Å². The molecule has 1 atom stereocenters. The highest BCUT2D eigenvalue weighted by Gasteiger charge is 2.14. The van der Waals surface area contributed by atoms with Gasteiger partial charge in [0.15, 0.2) is 0 Å². The summed E-state index contributed by atoms with van der Waals surface area (Å²) in [4.78, 5) is 35.4. The number of hydrogen-bond donors (Lipinski definition) is 1. The Hall–Kier alpha value is -3.32. The number of pyridine rings is 1. The van der Waals surface area contributed by atoms with Crippen LogP contribution in [-0.4, -0.2) is 20.4 Å². The van der Waals surface area contributed by atoms with Crippen LogP contribution >= 0.6 is 11.3 Å². The summed E-state index contributed by atoms with van der Waals surface area (Å²) in [6.45, 7) is 1.77. The summed E-state index contributed by atoms with van der Waals surface area (Å²) < 4.78 is 1.34. The molecular formula is C21H18N4O2S. The second kappa shape index (κ2) is 7.74. The number of aromatic nitrogens is 3. The van der Waals surface area contributed by atoms with Gasteiger partial charge in [-0.2, -0.15) is 0 Å². The van der Waals surface area contributed by atoms with Gasteiger partial charge in [0.05, 0.1) is 23.4 Å². The van der Waals surface area contributed by atoms with Crippen molar-refractivity contribution < 1.29 is 4.79 Å². The maximum absolute atomic E-state index is 12.8. The predicted molar refractivity (Wildman–Crippen MR) is 110 cm³/mol. The van der Waals surface area contributed by atoms with Gasteiger partial charge < -0.3 is 5.32 Å². The SMILES string of the molecule is C[C@H](NC(=O)Cn1cnc2sc(-c3ccccc3)cc2c1=O)c1ccccn1. The fourth-order valence-electron chi connectivity index (χ4n) is 2.97.